The fourth-order valence-electron chi connectivity index (χ4n) is 2.75. The molecule has 1 amide bonds. The van der Waals surface area contributed by atoms with Gasteiger partial charge >= 0.3 is 0 Å². The molecule has 0 atom stereocenters. The number of halogens is 1. The van der Waals surface area contributed by atoms with Crippen molar-refractivity contribution < 1.29 is 4.79 Å². The number of nitrogens with zero attached hydrogens (tertiary/aromatic N) is 5. The molecule has 0 saturated carbocycles. The minimum atomic E-state index is -0.260. The van der Waals surface area contributed by atoms with Crippen molar-refractivity contribution in [2.24, 2.45) is 5.10 Å². The van der Waals surface area contributed by atoms with Crippen molar-refractivity contribution in [3.8, 4) is 17.1 Å². The first-order valence-corrected chi connectivity index (χ1v) is 10.7. The zero-order valence-electron chi connectivity index (χ0n) is 16.2. The topological polar surface area (TPSA) is 85.1 Å². The lowest BCUT2D eigenvalue weighted by molar-refractivity contribution is -0.118. The Labute approximate surface area is 188 Å². The van der Waals surface area contributed by atoms with Crippen LogP contribution >= 0.6 is 23.4 Å². The molecule has 0 aliphatic heterocycles. The second kappa shape index (κ2) is 10.0. The molecule has 4 rings (SSSR count). The van der Waals surface area contributed by atoms with Crippen molar-refractivity contribution >= 4 is 35.5 Å². The molecule has 4 aromatic rings. The summed E-state index contributed by atoms with van der Waals surface area (Å²) in [5.74, 6) is 0.545. The van der Waals surface area contributed by atoms with Gasteiger partial charge in [-0.2, -0.15) is 5.10 Å². The van der Waals surface area contributed by atoms with Gasteiger partial charge in [0, 0.05) is 22.5 Å². The van der Waals surface area contributed by atoms with E-state index in [2.05, 4.69) is 25.7 Å². The molecule has 154 valence electrons. The van der Waals surface area contributed by atoms with Crippen molar-refractivity contribution in [1.29, 1.82) is 0 Å². The molecule has 9 heteroatoms. The van der Waals surface area contributed by atoms with E-state index in [1.54, 1.807) is 24.4 Å². The Bertz CT molecular complexity index is 1180. The van der Waals surface area contributed by atoms with Crippen LogP contribution in [-0.2, 0) is 4.79 Å². The molecule has 2 aromatic heterocycles. The zero-order valence-corrected chi connectivity index (χ0v) is 17.8. The van der Waals surface area contributed by atoms with Crippen LogP contribution in [0.15, 0.2) is 89.3 Å². The van der Waals surface area contributed by atoms with Crippen LogP contribution in [-0.4, -0.2) is 37.6 Å². The summed E-state index contributed by atoms with van der Waals surface area (Å²) >= 11 is 7.32. The molecule has 0 spiro atoms. The SMILES string of the molecule is O=C(CSc1nnc(-c2ccccc2)n1-c1ccc(Cl)cc1)NN=Cc1ccccn1. The molecular formula is C22H17ClN6OS. The number of thioether (sulfide) groups is 1. The first-order valence-electron chi connectivity index (χ1n) is 9.33. The van der Waals surface area contributed by atoms with Crippen LogP contribution < -0.4 is 5.43 Å². The number of nitrogens with one attached hydrogen (secondary N) is 1. The molecule has 2 heterocycles. The molecule has 2 aromatic carbocycles. The highest BCUT2D eigenvalue weighted by Crippen LogP contribution is 2.28. The van der Waals surface area contributed by atoms with E-state index < -0.39 is 0 Å². The van der Waals surface area contributed by atoms with E-state index in [9.17, 15) is 4.79 Å². The smallest absolute Gasteiger partial charge is 0.250 e. The summed E-state index contributed by atoms with van der Waals surface area (Å²) < 4.78 is 1.90. The van der Waals surface area contributed by atoms with Gasteiger partial charge in [-0.25, -0.2) is 5.43 Å². The van der Waals surface area contributed by atoms with E-state index in [4.69, 9.17) is 11.6 Å². The molecule has 1 N–H and O–H groups in total. The second-order valence-electron chi connectivity index (χ2n) is 6.32. The number of benzene rings is 2. The van der Waals surface area contributed by atoms with E-state index in [1.165, 1.54) is 18.0 Å². The van der Waals surface area contributed by atoms with E-state index >= 15 is 0 Å². The number of carbonyl (C=O) groups is 1. The number of amides is 1. The monoisotopic (exact) mass is 448 g/mol. The van der Waals surface area contributed by atoms with Crippen molar-refractivity contribution in [2.45, 2.75) is 5.16 Å². The summed E-state index contributed by atoms with van der Waals surface area (Å²) in [7, 11) is 0. The standard InChI is InChI=1S/C22H17ClN6OS/c23-17-9-11-19(12-10-17)29-21(16-6-2-1-3-7-16)27-28-22(29)31-15-20(30)26-25-14-18-8-4-5-13-24-18/h1-14H,15H2,(H,26,30). The zero-order chi connectivity index (χ0) is 21.5. The molecule has 0 saturated heterocycles. The Morgan fingerprint density at radius 3 is 2.55 bits per heavy atom. The summed E-state index contributed by atoms with van der Waals surface area (Å²) in [6.45, 7) is 0. The third kappa shape index (κ3) is 5.36. The van der Waals surface area contributed by atoms with Crippen LogP contribution in [0, 0.1) is 0 Å². The molecular weight excluding hydrogens is 432 g/mol. The lowest BCUT2D eigenvalue weighted by Crippen LogP contribution is -2.20. The number of hydrogen-bond donors (Lipinski definition) is 1. The Kier molecular flexibility index (Phi) is 6.71. The Balaban J connectivity index is 1.51. The van der Waals surface area contributed by atoms with Gasteiger partial charge in [0.1, 0.15) is 0 Å². The summed E-state index contributed by atoms with van der Waals surface area (Å²) in [6.07, 6.45) is 3.15. The largest absolute Gasteiger partial charge is 0.272 e. The normalized spacial score (nSPS) is 11.0. The fourth-order valence-corrected chi connectivity index (χ4v) is 3.62. The van der Waals surface area contributed by atoms with E-state index in [0.717, 1.165) is 11.3 Å². The second-order valence-corrected chi connectivity index (χ2v) is 7.70. The van der Waals surface area contributed by atoms with Gasteiger partial charge in [0.2, 0.25) is 0 Å². The maximum atomic E-state index is 12.2. The quantitative estimate of drug-likeness (QED) is 0.260. The van der Waals surface area contributed by atoms with Crippen LogP contribution in [0.25, 0.3) is 17.1 Å². The highest BCUT2D eigenvalue weighted by molar-refractivity contribution is 7.99. The van der Waals surface area contributed by atoms with Crippen molar-refractivity contribution in [1.82, 2.24) is 25.2 Å². The molecule has 7 nitrogen and oxygen atoms in total. The van der Waals surface area contributed by atoms with Crippen molar-refractivity contribution in [3.63, 3.8) is 0 Å². The third-order valence-corrected chi connectivity index (χ3v) is 5.34. The van der Waals surface area contributed by atoms with Crippen molar-refractivity contribution in [2.75, 3.05) is 5.75 Å². The summed E-state index contributed by atoms with van der Waals surface area (Å²) in [6, 6.07) is 22.6. The number of pyridine rings is 1. The molecule has 0 radical (unpaired) electrons. The first kappa shape index (κ1) is 20.8. The number of hydrogen-bond acceptors (Lipinski definition) is 6. The Morgan fingerprint density at radius 2 is 1.81 bits per heavy atom. The summed E-state index contributed by atoms with van der Waals surface area (Å²) in [5, 5.41) is 13.8. The van der Waals surface area contributed by atoms with Gasteiger partial charge in [-0.1, -0.05) is 59.8 Å². The fraction of sp³-hybridized carbons (Fsp3) is 0.0455. The van der Waals surface area contributed by atoms with E-state index in [0.29, 0.717) is 21.7 Å². The van der Waals surface area contributed by atoms with Crippen molar-refractivity contribution in [3.05, 3.63) is 89.7 Å². The van der Waals surface area contributed by atoms with Gasteiger partial charge in [0.25, 0.3) is 5.91 Å². The average molecular weight is 449 g/mol. The van der Waals surface area contributed by atoms with Crippen LogP contribution in [0.1, 0.15) is 5.69 Å². The maximum Gasteiger partial charge on any atom is 0.250 e. The number of carbonyl (C=O) groups excluding carboxylic acids is 1. The molecule has 0 aliphatic carbocycles. The highest BCUT2D eigenvalue weighted by atomic mass is 35.5. The lowest BCUT2D eigenvalue weighted by atomic mass is 10.2. The highest BCUT2D eigenvalue weighted by Gasteiger charge is 2.17. The van der Waals surface area contributed by atoms with Gasteiger partial charge in [0.15, 0.2) is 11.0 Å². The van der Waals surface area contributed by atoms with Gasteiger partial charge < -0.3 is 0 Å². The number of aromatic nitrogens is 4. The maximum absolute atomic E-state index is 12.2. The molecule has 0 fully saturated rings. The number of hydrazone groups is 1. The molecule has 0 bridgehead atoms. The van der Waals surface area contributed by atoms with E-state index in [-0.39, 0.29) is 11.7 Å². The van der Waals surface area contributed by atoms with Gasteiger partial charge in [-0.3, -0.25) is 14.3 Å². The lowest BCUT2D eigenvalue weighted by Gasteiger charge is -2.10. The average Bonchev–Trinajstić information content (AvgIpc) is 3.23. The number of rotatable bonds is 7. The minimum absolute atomic E-state index is 0.125. The molecule has 31 heavy (non-hydrogen) atoms. The summed E-state index contributed by atoms with van der Waals surface area (Å²) in [5.41, 5.74) is 4.93. The van der Waals surface area contributed by atoms with Crippen LogP contribution in [0.2, 0.25) is 5.02 Å². The Hall–Kier alpha value is -3.49. The van der Waals surface area contributed by atoms with Gasteiger partial charge in [0.05, 0.1) is 17.7 Å². The summed E-state index contributed by atoms with van der Waals surface area (Å²) in [4.78, 5) is 16.4. The predicted molar refractivity (Wildman–Crippen MR) is 123 cm³/mol. The van der Waals surface area contributed by atoms with Crippen LogP contribution in [0.3, 0.4) is 0 Å². The van der Waals surface area contributed by atoms with E-state index in [1.807, 2.05) is 59.2 Å². The van der Waals surface area contributed by atoms with Gasteiger partial charge in [-0.05, 0) is 36.4 Å². The minimum Gasteiger partial charge on any atom is -0.272 e. The van der Waals surface area contributed by atoms with Crippen LogP contribution in [0.5, 0.6) is 0 Å². The van der Waals surface area contributed by atoms with Gasteiger partial charge in [-0.15, -0.1) is 10.2 Å². The molecule has 0 aliphatic rings. The predicted octanol–water partition coefficient (Wildman–Crippen LogP) is 4.23. The molecule has 0 unspecified atom stereocenters. The Morgan fingerprint density at radius 1 is 1.03 bits per heavy atom. The first-order chi connectivity index (χ1) is 15.2. The third-order valence-electron chi connectivity index (χ3n) is 4.16. The van der Waals surface area contributed by atoms with Crippen LogP contribution in [0.4, 0.5) is 0 Å².